The minimum atomic E-state index is -0.667. The number of aromatic nitrogens is 1. The van der Waals surface area contributed by atoms with Gasteiger partial charge < -0.3 is 18.9 Å². The standard InChI is InChI=1S/C16H16FN3O5/c1-9-7-19(2-4-23-9)13-10(8-21)6-11-14(12(13)17)25-18-15(11)20-3-5-24-16(20)22/h6,8-9H,2-5,7H2,1H3/t9-/m1/s1. The lowest BCUT2D eigenvalue weighted by atomic mass is 10.1. The van der Waals surface area contributed by atoms with Crippen LogP contribution in [0.2, 0.25) is 0 Å². The highest BCUT2D eigenvalue weighted by Gasteiger charge is 2.32. The number of hydrogen-bond donors (Lipinski definition) is 0. The predicted octanol–water partition coefficient (Wildman–Crippen LogP) is 1.96. The second-order valence-electron chi connectivity index (χ2n) is 6.02. The van der Waals surface area contributed by atoms with Crippen LogP contribution in [0.3, 0.4) is 0 Å². The summed E-state index contributed by atoms with van der Waals surface area (Å²) in [6, 6.07) is 1.50. The smallest absolute Gasteiger partial charge is 0.415 e. The van der Waals surface area contributed by atoms with Crippen LogP contribution >= 0.6 is 0 Å². The molecule has 25 heavy (non-hydrogen) atoms. The number of carbonyl (C=O) groups is 2. The lowest BCUT2D eigenvalue weighted by Crippen LogP contribution is -2.42. The minimum Gasteiger partial charge on any atom is -0.447 e. The number of cyclic esters (lactones) is 1. The fourth-order valence-electron chi connectivity index (χ4n) is 3.25. The quantitative estimate of drug-likeness (QED) is 0.783. The largest absolute Gasteiger partial charge is 0.447 e. The highest BCUT2D eigenvalue weighted by Crippen LogP contribution is 2.36. The van der Waals surface area contributed by atoms with Crippen LogP contribution in [-0.4, -0.2) is 56.5 Å². The van der Waals surface area contributed by atoms with Gasteiger partial charge in [0, 0.05) is 18.7 Å². The fraction of sp³-hybridized carbons (Fsp3) is 0.438. The summed E-state index contributed by atoms with van der Waals surface area (Å²) in [5.74, 6) is -0.513. The molecule has 1 aromatic heterocycles. The number of halogens is 1. The van der Waals surface area contributed by atoms with Gasteiger partial charge in [0.25, 0.3) is 0 Å². The Morgan fingerprint density at radius 1 is 1.36 bits per heavy atom. The Kier molecular flexibility index (Phi) is 3.79. The maximum Gasteiger partial charge on any atom is 0.415 e. The molecule has 2 aliphatic heterocycles. The first-order valence-corrected chi connectivity index (χ1v) is 7.98. The molecule has 2 saturated heterocycles. The van der Waals surface area contributed by atoms with Crippen molar-refractivity contribution in [1.29, 1.82) is 0 Å². The molecular formula is C16H16FN3O5. The fourth-order valence-corrected chi connectivity index (χ4v) is 3.25. The maximum atomic E-state index is 15.1. The Bertz CT molecular complexity index is 852. The number of fused-ring (bicyclic) bond motifs is 1. The molecule has 0 spiro atoms. The molecule has 132 valence electrons. The molecule has 2 aromatic rings. The third-order valence-corrected chi connectivity index (χ3v) is 4.39. The molecule has 0 unspecified atom stereocenters. The van der Waals surface area contributed by atoms with E-state index in [4.69, 9.17) is 14.0 Å². The molecule has 1 aromatic carbocycles. The third kappa shape index (κ3) is 2.51. The molecule has 0 saturated carbocycles. The van der Waals surface area contributed by atoms with Gasteiger partial charge in [0.15, 0.2) is 17.9 Å². The van der Waals surface area contributed by atoms with E-state index in [-0.39, 0.29) is 40.7 Å². The monoisotopic (exact) mass is 349 g/mol. The Balaban J connectivity index is 1.84. The molecule has 0 aliphatic carbocycles. The van der Waals surface area contributed by atoms with E-state index in [9.17, 15) is 9.59 Å². The molecule has 8 nitrogen and oxygen atoms in total. The SMILES string of the molecule is C[C@@H]1CN(c2c(C=O)cc3c(N4CCOC4=O)noc3c2F)CCO1. The summed E-state index contributed by atoms with van der Waals surface area (Å²) in [6.45, 7) is 3.77. The van der Waals surface area contributed by atoms with Crippen molar-refractivity contribution in [3.63, 3.8) is 0 Å². The summed E-state index contributed by atoms with van der Waals surface area (Å²) in [7, 11) is 0. The number of nitrogens with zero attached hydrogens (tertiary/aromatic N) is 3. The highest BCUT2D eigenvalue weighted by atomic mass is 19.1. The Morgan fingerprint density at radius 3 is 2.88 bits per heavy atom. The number of hydrogen-bond acceptors (Lipinski definition) is 7. The number of rotatable bonds is 3. The lowest BCUT2D eigenvalue weighted by Gasteiger charge is -2.33. The number of ether oxygens (including phenoxy) is 2. The first kappa shape index (κ1) is 15.8. The van der Waals surface area contributed by atoms with Crippen LogP contribution in [0.4, 0.5) is 20.7 Å². The number of benzene rings is 1. The third-order valence-electron chi connectivity index (χ3n) is 4.39. The van der Waals surface area contributed by atoms with E-state index in [2.05, 4.69) is 5.16 Å². The molecule has 0 bridgehead atoms. The van der Waals surface area contributed by atoms with E-state index >= 15 is 4.39 Å². The zero-order valence-corrected chi connectivity index (χ0v) is 13.5. The number of anilines is 2. The van der Waals surface area contributed by atoms with Crippen LogP contribution in [-0.2, 0) is 9.47 Å². The van der Waals surface area contributed by atoms with Gasteiger partial charge >= 0.3 is 6.09 Å². The van der Waals surface area contributed by atoms with Crippen molar-refractivity contribution < 1.29 is 28.0 Å². The number of carbonyl (C=O) groups excluding carboxylic acids is 2. The van der Waals surface area contributed by atoms with E-state index in [1.54, 1.807) is 4.90 Å². The summed E-state index contributed by atoms with van der Waals surface area (Å²) in [5.41, 5.74) is 0.259. The molecule has 0 radical (unpaired) electrons. The highest BCUT2D eigenvalue weighted by molar-refractivity contribution is 6.03. The van der Waals surface area contributed by atoms with Crippen molar-refractivity contribution in [1.82, 2.24) is 5.16 Å². The molecule has 3 heterocycles. The van der Waals surface area contributed by atoms with Crippen molar-refractivity contribution in [3.8, 4) is 0 Å². The van der Waals surface area contributed by atoms with Crippen molar-refractivity contribution in [3.05, 3.63) is 17.4 Å². The first-order valence-electron chi connectivity index (χ1n) is 7.98. The Hall–Kier alpha value is -2.68. The number of aldehydes is 1. The van der Waals surface area contributed by atoms with Gasteiger partial charge in [0.1, 0.15) is 6.61 Å². The number of amides is 1. The van der Waals surface area contributed by atoms with Crippen LogP contribution in [0.25, 0.3) is 11.0 Å². The van der Waals surface area contributed by atoms with Crippen LogP contribution in [0, 0.1) is 5.82 Å². The van der Waals surface area contributed by atoms with Crippen LogP contribution < -0.4 is 9.80 Å². The van der Waals surface area contributed by atoms with Gasteiger partial charge in [-0.3, -0.25) is 9.69 Å². The van der Waals surface area contributed by atoms with Crippen molar-refractivity contribution in [2.24, 2.45) is 0 Å². The molecule has 1 amide bonds. The molecule has 0 N–H and O–H groups in total. The summed E-state index contributed by atoms with van der Waals surface area (Å²) in [6.07, 6.45) is -0.0563. The molecule has 1 atom stereocenters. The maximum absolute atomic E-state index is 15.1. The van der Waals surface area contributed by atoms with E-state index in [1.165, 1.54) is 11.0 Å². The average molecular weight is 349 g/mol. The molecule has 2 aliphatic rings. The van der Waals surface area contributed by atoms with Gasteiger partial charge in [-0.15, -0.1) is 0 Å². The number of morpholine rings is 1. The zero-order valence-electron chi connectivity index (χ0n) is 13.5. The lowest BCUT2D eigenvalue weighted by molar-refractivity contribution is 0.0529. The van der Waals surface area contributed by atoms with Gasteiger partial charge in [-0.25, -0.2) is 9.18 Å². The normalized spacial score (nSPS) is 21.0. The van der Waals surface area contributed by atoms with Gasteiger partial charge in [-0.1, -0.05) is 5.16 Å². The summed E-state index contributed by atoms with van der Waals surface area (Å²) >= 11 is 0. The van der Waals surface area contributed by atoms with Gasteiger partial charge in [-0.05, 0) is 13.0 Å². The van der Waals surface area contributed by atoms with Gasteiger partial charge in [0.2, 0.25) is 5.58 Å². The summed E-state index contributed by atoms with van der Waals surface area (Å²) in [4.78, 5) is 26.4. The van der Waals surface area contributed by atoms with Crippen LogP contribution in [0.5, 0.6) is 0 Å². The van der Waals surface area contributed by atoms with Crippen molar-refractivity contribution >= 4 is 34.9 Å². The van der Waals surface area contributed by atoms with E-state index in [0.29, 0.717) is 32.5 Å². The van der Waals surface area contributed by atoms with E-state index in [0.717, 1.165) is 0 Å². The van der Waals surface area contributed by atoms with Gasteiger partial charge in [-0.2, -0.15) is 0 Å². The summed E-state index contributed by atoms with van der Waals surface area (Å²) in [5, 5.41) is 4.08. The van der Waals surface area contributed by atoms with E-state index in [1.807, 2.05) is 6.92 Å². The average Bonchev–Trinajstić information content (AvgIpc) is 3.20. The predicted molar refractivity (Wildman–Crippen MR) is 85.7 cm³/mol. The molecular weight excluding hydrogens is 333 g/mol. The Labute approximate surface area is 142 Å². The molecule has 9 heteroatoms. The second-order valence-corrected chi connectivity index (χ2v) is 6.02. The van der Waals surface area contributed by atoms with E-state index < -0.39 is 11.9 Å². The molecule has 4 rings (SSSR count). The summed E-state index contributed by atoms with van der Waals surface area (Å²) < 4.78 is 30.6. The topological polar surface area (TPSA) is 85.1 Å². The van der Waals surface area contributed by atoms with Crippen LogP contribution in [0.1, 0.15) is 17.3 Å². The first-order chi connectivity index (χ1) is 12.1. The Morgan fingerprint density at radius 2 is 2.20 bits per heavy atom. The van der Waals surface area contributed by atoms with Gasteiger partial charge in [0.05, 0.1) is 30.3 Å². The second kappa shape index (κ2) is 5.99. The molecule has 2 fully saturated rings. The minimum absolute atomic E-state index is 0.0759. The van der Waals surface area contributed by atoms with Crippen molar-refractivity contribution in [2.75, 3.05) is 42.6 Å². The van der Waals surface area contributed by atoms with Crippen LogP contribution in [0.15, 0.2) is 10.6 Å². The zero-order chi connectivity index (χ0) is 17.6. The van der Waals surface area contributed by atoms with Crippen molar-refractivity contribution in [2.45, 2.75) is 13.0 Å².